The molecule has 166 valence electrons. The van der Waals surface area contributed by atoms with Gasteiger partial charge in [0, 0.05) is 18.7 Å². The Kier molecular flexibility index (Phi) is 5.03. The molecule has 2 aliphatic rings. The molecule has 0 bridgehead atoms. The van der Waals surface area contributed by atoms with Gasteiger partial charge in [-0.15, -0.1) is 0 Å². The Morgan fingerprint density at radius 1 is 1.03 bits per heavy atom. The summed E-state index contributed by atoms with van der Waals surface area (Å²) in [6, 6.07) is 17.1. The van der Waals surface area contributed by atoms with Gasteiger partial charge in [-0.05, 0) is 59.3 Å². The number of hydrogen-bond donors (Lipinski definition) is 1. The number of aliphatic hydroxyl groups is 1. The first-order valence-corrected chi connectivity index (χ1v) is 10.5. The lowest BCUT2D eigenvalue weighted by Gasteiger charge is -2.60. The number of fused-ring (bicyclic) bond motifs is 1. The van der Waals surface area contributed by atoms with Gasteiger partial charge in [0.05, 0.1) is 25.7 Å². The van der Waals surface area contributed by atoms with E-state index in [0.29, 0.717) is 24.4 Å². The predicted octanol–water partition coefficient (Wildman–Crippen LogP) is 3.27. The third-order valence-corrected chi connectivity index (χ3v) is 6.57. The van der Waals surface area contributed by atoms with Crippen molar-refractivity contribution < 1.29 is 28.5 Å². The van der Waals surface area contributed by atoms with Crippen molar-refractivity contribution in [3.63, 3.8) is 0 Å². The van der Waals surface area contributed by atoms with Gasteiger partial charge in [0.15, 0.2) is 0 Å². The number of amides is 1. The van der Waals surface area contributed by atoms with Crippen LogP contribution in [0.3, 0.4) is 0 Å². The fourth-order valence-electron chi connectivity index (χ4n) is 4.36. The number of ether oxygens (including phenoxy) is 3. The van der Waals surface area contributed by atoms with E-state index in [2.05, 4.69) is 0 Å². The highest BCUT2D eigenvalue weighted by molar-refractivity contribution is 5.95. The maximum absolute atomic E-state index is 13.2. The van der Waals surface area contributed by atoms with E-state index in [1.54, 1.807) is 12.0 Å². The third kappa shape index (κ3) is 3.47. The second-order valence-electron chi connectivity index (χ2n) is 8.64. The Labute approximate surface area is 185 Å². The lowest BCUT2D eigenvalue weighted by atomic mass is 9.65. The summed E-state index contributed by atoms with van der Waals surface area (Å²) in [5.74, 6) is 0.902. The number of halogens is 1. The van der Waals surface area contributed by atoms with E-state index in [4.69, 9.17) is 14.2 Å². The average molecular weight is 437 g/mol. The zero-order chi connectivity index (χ0) is 22.3. The van der Waals surface area contributed by atoms with Gasteiger partial charge in [-0.3, -0.25) is 4.79 Å². The fourth-order valence-corrected chi connectivity index (χ4v) is 4.36. The molecule has 3 aromatic carbocycles. The molecule has 0 unspecified atom stereocenters. The quantitative estimate of drug-likeness (QED) is 0.641. The highest BCUT2D eigenvalue weighted by atomic mass is 19.1. The second kappa shape index (κ2) is 7.76. The maximum Gasteiger partial charge on any atom is 0.253 e. The van der Waals surface area contributed by atoms with Crippen LogP contribution in [0.2, 0.25) is 0 Å². The standard InChI is InChI=1S/C25H24FNO5/c1-30-21-8-4-19-11-22(9-5-18(19)10-21)32-14-24(25(29)15-31-16-25)12-27(13-24)23(28)17-2-6-20(26)7-3-17/h2-11,29H,12-16H2,1H3. The average Bonchev–Trinajstić information content (AvgIpc) is 2.76. The van der Waals surface area contributed by atoms with Crippen molar-refractivity contribution in [2.45, 2.75) is 5.60 Å². The van der Waals surface area contributed by atoms with Crippen molar-refractivity contribution >= 4 is 16.7 Å². The Morgan fingerprint density at radius 3 is 2.25 bits per heavy atom. The molecule has 0 aliphatic carbocycles. The molecule has 0 spiro atoms. The number of hydrogen-bond acceptors (Lipinski definition) is 5. The molecule has 2 saturated heterocycles. The van der Waals surface area contributed by atoms with Gasteiger partial charge < -0.3 is 24.2 Å². The van der Waals surface area contributed by atoms with Gasteiger partial charge in [-0.2, -0.15) is 0 Å². The first-order valence-electron chi connectivity index (χ1n) is 10.5. The van der Waals surface area contributed by atoms with Crippen molar-refractivity contribution in [3.8, 4) is 11.5 Å². The maximum atomic E-state index is 13.2. The van der Waals surface area contributed by atoms with Crippen LogP contribution in [-0.4, -0.2) is 61.5 Å². The summed E-state index contributed by atoms with van der Waals surface area (Å²) in [7, 11) is 1.63. The van der Waals surface area contributed by atoms with Gasteiger partial charge in [-0.25, -0.2) is 4.39 Å². The van der Waals surface area contributed by atoms with Crippen LogP contribution < -0.4 is 9.47 Å². The fraction of sp³-hybridized carbons (Fsp3) is 0.320. The van der Waals surface area contributed by atoms with Crippen LogP contribution in [0.1, 0.15) is 10.4 Å². The second-order valence-corrected chi connectivity index (χ2v) is 8.64. The summed E-state index contributed by atoms with van der Waals surface area (Å²) in [4.78, 5) is 14.4. The smallest absolute Gasteiger partial charge is 0.253 e. The minimum atomic E-state index is -1.04. The molecule has 0 radical (unpaired) electrons. The Balaban J connectivity index is 1.31. The highest BCUT2D eigenvalue weighted by Crippen LogP contribution is 2.45. The van der Waals surface area contributed by atoms with Gasteiger partial charge in [0.25, 0.3) is 5.91 Å². The summed E-state index contributed by atoms with van der Waals surface area (Å²) >= 11 is 0. The number of methoxy groups -OCH3 is 1. The lowest BCUT2D eigenvalue weighted by molar-refractivity contribution is -0.274. The minimum Gasteiger partial charge on any atom is -0.497 e. The van der Waals surface area contributed by atoms with Crippen LogP contribution in [0.25, 0.3) is 10.8 Å². The van der Waals surface area contributed by atoms with Gasteiger partial charge >= 0.3 is 0 Å². The molecule has 2 aliphatic heterocycles. The molecule has 5 rings (SSSR count). The molecule has 2 fully saturated rings. The van der Waals surface area contributed by atoms with Crippen molar-refractivity contribution in [1.82, 2.24) is 4.90 Å². The number of likely N-dealkylation sites (tertiary alicyclic amines) is 1. The van der Waals surface area contributed by atoms with Crippen LogP contribution in [0.15, 0.2) is 60.7 Å². The molecule has 0 atom stereocenters. The third-order valence-electron chi connectivity index (χ3n) is 6.57. The van der Waals surface area contributed by atoms with E-state index in [9.17, 15) is 14.3 Å². The number of benzene rings is 3. The van der Waals surface area contributed by atoms with E-state index >= 15 is 0 Å². The monoisotopic (exact) mass is 437 g/mol. The molecule has 2 heterocycles. The van der Waals surface area contributed by atoms with Crippen LogP contribution in [-0.2, 0) is 4.74 Å². The lowest BCUT2D eigenvalue weighted by Crippen LogP contribution is -2.76. The normalized spacial score (nSPS) is 18.5. The first-order chi connectivity index (χ1) is 15.4. The summed E-state index contributed by atoms with van der Waals surface area (Å²) in [6.45, 7) is 1.36. The highest BCUT2D eigenvalue weighted by Gasteiger charge is 2.62. The molecule has 6 nitrogen and oxygen atoms in total. The molecule has 0 saturated carbocycles. The molecule has 1 amide bonds. The number of carbonyl (C=O) groups is 1. The molecule has 3 aromatic rings. The number of carbonyl (C=O) groups excluding carboxylic acids is 1. The van der Waals surface area contributed by atoms with Gasteiger partial charge in [0.1, 0.15) is 29.5 Å². The van der Waals surface area contributed by atoms with E-state index in [0.717, 1.165) is 16.5 Å². The largest absolute Gasteiger partial charge is 0.497 e. The zero-order valence-corrected chi connectivity index (χ0v) is 17.7. The van der Waals surface area contributed by atoms with E-state index in [1.807, 2.05) is 36.4 Å². The van der Waals surface area contributed by atoms with Crippen molar-refractivity contribution in [3.05, 3.63) is 72.0 Å². The van der Waals surface area contributed by atoms with E-state index in [1.165, 1.54) is 24.3 Å². The predicted molar refractivity (Wildman–Crippen MR) is 117 cm³/mol. The molecule has 32 heavy (non-hydrogen) atoms. The van der Waals surface area contributed by atoms with E-state index in [-0.39, 0.29) is 31.5 Å². The van der Waals surface area contributed by atoms with Crippen LogP contribution >= 0.6 is 0 Å². The van der Waals surface area contributed by atoms with Gasteiger partial charge in [-0.1, -0.05) is 12.1 Å². The van der Waals surface area contributed by atoms with Crippen LogP contribution in [0.5, 0.6) is 11.5 Å². The van der Waals surface area contributed by atoms with Crippen LogP contribution in [0.4, 0.5) is 4.39 Å². The molecule has 0 aromatic heterocycles. The number of nitrogens with zero attached hydrogens (tertiary/aromatic N) is 1. The van der Waals surface area contributed by atoms with Crippen molar-refractivity contribution in [1.29, 1.82) is 0 Å². The summed E-state index contributed by atoms with van der Waals surface area (Å²) < 4.78 is 29.8. The summed E-state index contributed by atoms with van der Waals surface area (Å²) in [5, 5.41) is 13.1. The topological polar surface area (TPSA) is 68.2 Å². The summed E-state index contributed by atoms with van der Waals surface area (Å²) in [5.41, 5.74) is -1.25. The van der Waals surface area contributed by atoms with E-state index < -0.39 is 11.0 Å². The number of rotatable bonds is 6. The van der Waals surface area contributed by atoms with Crippen LogP contribution in [0, 0.1) is 11.2 Å². The molecule has 7 heteroatoms. The minimum absolute atomic E-state index is 0.191. The Hall–Kier alpha value is -3.16. The Bertz CT molecular complexity index is 1150. The Morgan fingerprint density at radius 2 is 1.66 bits per heavy atom. The first kappa shape index (κ1) is 20.7. The van der Waals surface area contributed by atoms with Crippen molar-refractivity contribution in [2.75, 3.05) is 40.0 Å². The molecule has 1 N–H and O–H groups in total. The van der Waals surface area contributed by atoms with Crippen molar-refractivity contribution in [2.24, 2.45) is 5.41 Å². The SMILES string of the molecule is COc1ccc2cc(OCC3(C4(O)COC4)CN(C(=O)c4ccc(F)cc4)C3)ccc2c1. The molecular formula is C25H24FNO5. The van der Waals surface area contributed by atoms with Gasteiger partial charge in [0.2, 0.25) is 0 Å². The molecular weight excluding hydrogens is 413 g/mol. The summed E-state index contributed by atoms with van der Waals surface area (Å²) in [6.07, 6.45) is 0. The zero-order valence-electron chi connectivity index (χ0n) is 17.7.